The van der Waals surface area contributed by atoms with Gasteiger partial charge in [0.2, 0.25) is 0 Å². The number of rotatable bonds is 2. The number of hydrogen-bond donors (Lipinski definition) is 2. The van der Waals surface area contributed by atoms with E-state index < -0.39 is 23.0 Å². The molecule has 6 nitrogen and oxygen atoms in total. The molecule has 6 heteroatoms. The molecule has 1 atom stereocenters. The lowest BCUT2D eigenvalue weighted by Crippen LogP contribution is -2.61. The van der Waals surface area contributed by atoms with Gasteiger partial charge in [-0.05, 0) is 26.0 Å². The lowest BCUT2D eigenvalue weighted by molar-refractivity contribution is -0.170. The third kappa shape index (κ3) is 1.67. The van der Waals surface area contributed by atoms with E-state index in [4.69, 9.17) is 0 Å². The number of nitrogens with zero attached hydrogens (tertiary/aromatic N) is 1. The van der Waals surface area contributed by atoms with Crippen LogP contribution in [0, 0.1) is 0 Å². The summed E-state index contributed by atoms with van der Waals surface area (Å²) < 4.78 is 4.55. The molecule has 0 saturated carbocycles. The summed E-state index contributed by atoms with van der Waals surface area (Å²) in [5.41, 5.74) is -0.257. The van der Waals surface area contributed by atoms with Crippen molar-refractivity contribution in [2.24, 2.45) is 0 Å². The van der Waals surface area contributed by atoms with Crippen LogP contribution in [-0.4, -0.2) is 35.2 Å². The van der Waals surface area contributed by atoms with Crippen molar-refractivity contribution in [1.82, 2.24) is 5.43 Å². The molecule has 1 saturated heterocycles. The maximum atomic E-state index is 12.0. The summed E-state index contributed by atoms with van der Waals surface area (Å²) in [5, 5.41) is 11.9. The van der Waals surface area contributed by atoms with Gasteiger partial charge in [-0.1, -0.05) is 18.2 Å². The second-order valence-corrected chi connectivity index (χ2v) is 4.87. The van der Waals surface area contributed by atoms with Crippen molar-refractivity contribution in [2.75, 3.05) is 12.1 Å². The molecule has 2 N–H and O–H groups in total. The first-order chi connectivity index (χ1) is 8.85. The standard InChI is InChI=1S/C13H16N2O4/c1-12(2)13(18,11(17)19-3)10(16)14-15(12)9-7-5-4-6-8-9/h4-8,18H,1-3H3,(H,14,16). The first kappa shape index (κ1) is 13.4. The van der Waals surface area contributed by atoms with Gasteiger partial charge in [0.1, 0.15) is 5.54 Å². The molecule has 1 amide bonds. The van der Waals surface area contributed by atoms with E-state index in [1.165, 1.54) is 5.01 Å². The number of methoxy groups -OCH3 is 1. The molecule has 0 radical (unpaired) electrons. The number of esters is 1. The molecule has 1 aromatic carbocycles. The number of aliphatic hydroxyl groups is 1. The normalized spacial score (nSPS) is 25.1. The lowest BCUT2D eigenvalue weighted by atomic mass is 9.83. The molecule has 0 bridgehead atoms. The van der Waals surface area contributed by atoms with E-state index in [9.17, 15) is 14.7 Å². The minimum Gasteiger partial charge on any atom is -0.466 e. The maximum absolute atomic E-state index is 12.0. The summed E-state index contributed by atoms with van der Waals surface area (Å²) in [6.07, 6.45) is 0. The summed E-state index contributed by atoms with van der Waals surface area (Å²) in [5.74, 6) is -1.78. The molecule has 1 heterocycles. The number of benzene rings is 1. The number of para-hydroxylation sites is 1. The highest BCUT2D eigenvalue weighted by molar-refractivity contribution is 6.11. The van der Waals surface area contributed by atoms with E-state index in [0.29, 0.717) is 5.69 Å². The molecule has 0 aliphatic carbocycles. The van der Waals surface area contributed by atoms with Crippen LogP contribution in [0.5, 0.6) is 0 Å². The predicted molar refractivity (Wildman–Crippen MR) is 68.1 cm³/mol. The van der Waals surface area contributed by atoms with Crippen LogP contribution in [0.2, 0.25) is 0 Å². The van der Waals surface area contributed by atoms with Gasteiger partial charge in [-0.25, -0.2) is 4.79 Å². The number of carbonyl (C=O) groups excluding carboxylic acids is 2. The molecule has 1 fully saturated rings. The van der Waals surface area contributed by atoms with E-state index in [0.717, 1.165) is 7.11 Å². The Morgan fingerprint density at radius 3 is 2.42 bits per heavy atom. The van der Waals surface area contributed by atoms with Crippen LogP contribution in [0.25, 0.3) is 0 Å². The Kier molecular flexibility index (Phi) is 2.98. The number of ether oxygens (including phenoxy) is 1. The fourth-order valence-corrected chi connectivity index (χ4v) is 2.22. The van der Waals surface area contributed by atoms with Crippen molar-refractivity contribution in [2.45, 2.75) is 25.0 Å². The molecular weight excluding hydrogens is 248 g/mol. The monoisotopic (exact) mass is 264 g/mol. The van der Waals surface area contributed by atoms with Crippen LogP contribution in [-0.2, 0) is 14.3 Å². The average molecular weight is 264 g/mol. The van der Waals surface area contributed by atoms with E-state index in [1.54, 1.807) is 38.1 Å². The highest BCUT2D eigenvalue weighted by atomic mass is 16.5. The minimum atomic E-state index is -2.25. The predicted octanol–water partition coefficient (Wildman–Crippen LogP) is 0.220. The average Bonchev–Trinajstić information content (AvgIpc) is 2.60. The number of hydrazine groups is 1. The number of hydrogen-bond acceptors (Lipinski definition) is 5. The maximum Gasteiger partial charge on any atom is 0.350 e. The highest BCUT2D eigenvalue weighted by Gasteiger charge is 2.65. The molecular formula is C13H16N2O4. The van der Waals surface area contributed by atoms with E-state index in [1.807, 2.05) is 6.07 Å². The number of carbonyl (C=O) groups is 2. The SMILES string of the molecule is COC(=O)C1(O)C(=O)NN(c2ccccc2)C1(C)C. The van der Waals surface area contributed by atoms with Crippen LogP contribution in [0.3, 0.4) is 0 Å². The summed E-state index contributed by atoms with van der Waals surface area (Å²) in [4.78, 5) is 23.8. The molecule has 1 aromatic rings. The zero-order valence-corrected chi connectivity index (χ0v) is 11.0. The lowest BCUT2D eigenvalue weighted by Gasteiger charge is -2.37. The van der Waals surface area contributed by atoms with Crippen LogP contribution < -0.4 is 10.4 Å². The Labute approximate surface area is 110 Å². The van der Waals surface area contributed by atoms with E-state index in [-0.39, 0.29) is 0 Å². The fraction of sp³-hybridized carbons (Fsp3) is 0.385. The summed E-state index contributed by atoms with van der Waals surface area (Å²) in [6.45, 7) is 3.18. The first-order valence-electron chi connectivity index (χ1n) is 5.83. The van der Waals surface area contributed by atoms with Gasteiger partial charge in [-0.15, -0.1) is 0 Å². The van der Waals surface area contributed by atoms with Crippen LogP contribution in [0.1, 0.15) is 13.8 Å². The van der Waals surface area contributed by atoms with Gasteiger partial charge in [-0.3, -0.25) is 15.2 Å². The Hall–Kier alpha value is -2.08. The van der Waals surface area contributed by atoms with Gasteiger partial charge < -0.3 is 9.84 Å². The van der Waals surface area contributed by atoms with Gasteiger partial charge in [0, 0.05) is 0 Å². The van der Waals surface area contributed by atoms with Crippen molar-refractivity contribution in [1.29, 1.82) is 0 Å². The molecule has 19 heavy (non-hydrogen) atoms. The summed E-state index contributed by atoms with van der Waals surface area (Å²) in [7, 11) is 1.13. The second kappa shape index (κ2) is 4.24. The van der Waals surface area contributed by atoms with E-state index in [2.05, 4.69) is 10.2 Å². The summed E-state index contributed by atoms with van der Waals surface area (Å²) in [6, 6.07) is 8.97. The largest absolute Gasteiger partial charge is 0.466 e. The number of nitrogens with one attached hydrogen (secondary N) is 1. The van der Waals surface area contributed by atoms with Crippen molar-refractivity contribution in [3.8, 4) is 0 Å². The van der Waals surface area contributed by atoms with Gasteiger partial charge in [0.05, 0.1) is 12.8 Å². The summed E-state index contributed by atoms with van der Waals surface area (Å²) >= 11 is 0. The quantitative estimate of drug-likeness (QED) is 0.590. The Bertz CT molecular complexity index is 515. The third-order valence-corrected chi connectivity index (χ3v) is 3.48. The van der Waals surface area contributed by atoms with Crippen LogP contribution in [0.4, 0.5) is 5.69 Å². The van der Waals surface area contributed by atoms with Crippen molar-refractivity contribution >= 4 is 17.6 Å². The van der Waals surface area contributed by atoms with Gasteiger partial charge in [-0.2, -0.15) is 0 Å². The van der Waals surface area contributed by atoms with Gasteiger partial charge in [0.25, 0.3) is 11.5 Å². The van der Waals surface area contributed by atoms with Gasteiger partial charge in [0.15, 0.2) is 0 Å². The molecule has 0 aromatic heterocycles. The molecule has 2 rings (SSSR count). The van der Waals surface area contributed by atoms with Crippen molar-refractivity contribution in [3.05, 3.63) is 30.3 Å². The Morgan fingerprint density at radius 1 is 1.32 bits per heavy atom. The first-order valence-corrected chi connectivity index (χ1v) is 5.83. The van der Waals surface area contributed by atoms with Crippen molar-refractivity contribution < 1.29 is 19.4 Å². The van der Waals surface area contributed by atoms with Crippen molar-refractivity contribution in [3.63, 3.8) is 0 Å². The Balaban J connectivity index is 2.48. The molecule has 0 spiro atoms. The zero-order chi connectivity index (χ0) is 14.3. The smallest absolute Gasteiger partial charge is 0.350 e. The topological polar surface area (TPSA) is 78.9 Å². The van der Waals surface area contributed by atoms with E-state index >= 15 is 0 Å². The zero-order valence-electron chi connectivity index (χ0n) is 11.0. The molecule has 1 aliphatic heterocycles. The molecule has 1 unspecified atom stereocenters. The van der Waals surface area contributed by atoms with Crippen LogP contribution >= 0.6 is 0 Å². The number of amides is 1. The van der Waals surface area contributed by atoms with Gasteiger partial charge >= 0.3 is 5.97 Å². The Morgan fingerprint density at radius 2 is 1.89 bits per heavy atom. The number of anilines is 1. The fourth-order valence-electron chi connectivity index (χ4n) is 2.22. The third-order valence-electron chi connectivity index (χ3n) is 3.48. The molecule has 1 aliphatic rings. The van der Waals surface area contributed by atoms with Crippen LogP contribution in [0.15, 0.2) is 30.3 Å². The second-order valence-electron chi connectivity index (χ2n) is 4.87. The highest BCUT2D eigenvalue weighted by Crippen LogP contribution is 2.37. The minimum absolute atomic E-state index is 0.667. The molecule has 102 valence electrons.